The summed E-state index contributed by atoms with van der Waals surface area (Å²) in [6.07, 6.45) is 0. The maximum atomic E-state index is 8.63. The van der Waals surface area contributed by atoms with Gasteiger partial charge in [0.1, 0.15) is 0 Å². The molecule has 0 aromatic rings. The maximum absolute atomic E-state index is 8.63. The molecule has 0 N–H and O–H groups in total. The van der Waals surface area contributed by atoms with Crippen molar-refractivity contribution < 1.29 is 132 Å². The Morgan fingerprint density at radius 1 is 0.714 bits per heavy atom. The molecule has 0 aliphatic carbocycles. The van der Waals surface area contributed by atoms with Crippen molar-refractivity contribution >= 4 is 0 Å². The molecule has 0 atom stereocenters. The number of hydrogen-bond donors (Lipinski definition) is 0. The topological polar surface area (TPSA) is 68.3 Å². The third-order valence-electron chi connectivity index (χ3n) is 0. The molecule has 0 aromatic carbocycles. The van der Waals surface area contributed by atoms with Crippen molar-refractivity contribution in [1.82, 2.24) is 0 Å². The molecule has 0 fully saturated rings. The summed E-state index contributed by atoms with van der Waals surface area (Å²) in [6, 6.07) is 0. The SMILES string of the molecule is [K+].[K+].[O]=[Mo-2](=[O])(=[O])=[O]. The normalized spacial score (nSPS) is 8.00. The molecule has 0 heterocycles. The third kappa shape index (κ3) is 47.0. The van der Waals surface area contributed by atoms with Gasteiger partial charge in [0, 0.05) is 0 Å². The molecule has 0 amide bonds. The Kier molecular flexibility index (Phi) is 17.3. The first-order valence-corrected chi connectivity index (χ1v) is 3.94. The van der Waals surface area contributed by atoms with Crippen LogP contribution in [0.4, 0.5) is 0 Å². The molecule has 4 nitrogen and oxygen atoms in total. The Bertz CT molecular complexity index is 161. The van der Waals surface area contributed by atoms with E-state index in [-0.39, 0.29) is 103 Å². The molecule has 0 bridgehead atoms. The molecule has 0 saturated heterocycles. The van der Waals surface area contributed by atoms with Crippen molar-refractivity contribution in [3.63, 3.8) is 0 Å². The fourth-order valence-electron chi connectivity index (χ4n) is 0. The Morgan fingerprint density at radius 3 is 0.714 bits per heavy atom. The van der Waals surface area contributed by atoms with Crippen molar-refractivity contribution in [2.24, 2.45) is 0 Å². The molecular weight excluding hydrogens is 238 g/mol. The quantitative estimate of drug-likeness (QED) is 0.394. The average Bonchev–Trinajstić information content (AvgIpc) is 0.722. The number of hydrogen-bond acceptors (Lipinski definition) is 4. The van der Waals surface area contributed by atoms with E-state index < -0.39 is 15.9 Å². The summed E-state index contributed by atoms with van der Waals surface area (Å²) in [5, 5.41) is 0. The van der Waals surface area contributed by atoms with Gasteiger partial charge in [-0.2, -0.15) is 0 Å². The predicted molar refractivity (Wildman–Crippen MR) is 2.75 cm³/mol. The van der Waals surface area contributed by atoms with E-state index in [1.165, 1.54) is 0 Å². The summed E-state index contributed by atoms with van der Waals surface area (Å²) in [5.41, 5.74) is 0. The monoisotopic (exact) mass is 240 g/mol. The minimum absolute atomic E-state index is 0. The van der Waals surface area contributed by atoms with Crippen LogP contribution in [0, 0.1) is 0 Å². The zero-order chi connectivity index (χ0) is 4.50. The molecule has 0 aliphatic heterocycles. The van der Waals surface area contributed by atoms with E-state index in [1.807, 2.05) is 0 Å². The second-order valence-corrected chi connectivity index (χ2v) is 2.42. The van der Waals surface area contributed by atoms with E-state index in [4.69, 9.17) is 13.6 Å². The van der Waals surface area contributed by atoms with E-state index in [2.05, 4.69) is 0 Å². The van der Waals surface area contributed by atoms with Crippen LogP contribution in [-0.2, 0) is 29.5 Å². The van der Waals surface area contributed by atoms with Crippen molar-refractivity contribution in [1.29, 1.82) is 0 Å². The Balaban J connectivity index is -0.0000000800. The fourth-order valence-corrected chi connectivity index (χ4v) is 0. The molecule has 7 heavy (non-hydrogen) atoms. The molecule has 32 valence electrons. The number of rotatable bonds is 0. The van der Waals surface area contributed by atoms with E-state index in [1.54, 1.807) is 0 Å². The fraction of sp³-hybridized carbons (Fsp3) is 0. The molecule has 0 aliphatic rings. The van der Waals surface area contributed by atoms with E-state index in [0.717, 1.165) is 0 Å². The summed E-state index contributed by atoms with van der Waals surface area (Å²) >= 11 is -6.02. The van der Waals surface area contributed by atoms with Crippen LogP contribution >= 0.6 is 0 Å². The zero-order valence-corrected chi connectivity index (χ0v) is 12.3. The first kappa shape index (κ1) is 16.6. The average molecular weight is 238 g/mol. The molecule has 0 aromatic heterocycles. The van der Waals surface area contributed by atoms with Gasteiger partial charge >= 0.3 is 132 Å². The predicted octanol–water partition coefficient (Wildman–Crippen LogP) is -6.47. The van der Waals surface area contributed by atoms with Gasteiger partial charge in [-0.05, 0) is 0 Å². The molecule has 0 radical (unpaired) electrons. The molecule has 0 rings (SSSR count). The van der Waals surface area contributed by atoms with Crippen LogP contribution in [0.3, 0.4) is 0 Å². The van der Waals surface area contributed by atoms with Crippen molar-refractivity contribution in [3.05, 3.63) is 0 Å². The molecular formula is K2MoO4. The van der Waals surface area contributed by atoms with Crippen molar-refractivity contribution in [2.75, 3.05) is 0 Å². The zero-order valence-electron chi connectivity index (χ0n) is 4.04. The van der Waals surface area contributed by atoms with Crippen LogP contribution in [0.15, 0.2) is 0 Å². The first-order valence-electron chi connectivity index (χ1n) is 0.667. The van der Waals surface area contributed by atoms with Crippen LogP contribution in [-0.4, -0.2) is 0 Å². The summed E-state index contributed by atoms with van der Waals surface area (Å²) < 4.78 is 34.5. The van der Waals surface area contributed by atoms with Gasteiger partial charge in [0.15, 0.2) is 0 Å². The molecule has 0 saturated carbocycles. The second kappa shape index (κ2) is 7.27. The molecule has 0 unspecified atom stereocenters. The van der Waals surface area contributed by atoms with Gasteiger partial charge in [-0.15, -0.1) is 0 Å². The van der Waals surface area contributed by atoms with Crippen LogP contribution in [0.5, 0.6) is 0 Å². The Morgan fingerprint density at radius 2 is 0.714 bits per heavy atom. The summed E-state index contributed by atoms with van der Waals surface area (Å²) in [6.45, 7) is 0. The van der Waals surface area contributed by atoms with Crippen LogP contribution in [0.25, 0.3) is 0 Å². The summed E-state index contributed by atoms with van der Waals surface area (Å²) in [5.74, 6) is 0. The Hall–Kier alpha value is 3.16. The van der Waals surface area contributed by atoms with Crippen LogP contribution in [0.2, 0.25) is 0 Å². The minimum atomic E-state index is -6.02. The Labute approximate surface area is 128 Å². The third-order valence-corrected chi connectivity index (χ3v) is 0. The summed E-state index contributed by atoms with van der Waals surface area (Å²) in [4.78, 5) is 0. The van der Waals surface area contributed by atoms with E-state index in [0.29, 0.717) is 0 Å². The van der Waals surface area contributed by atoms with Crippen molar-refractivity contribution in [2.45, 2.75) is 0 Å². The van der Waals surface area contributed by atoms with Gasteiger partial charge in [0.05, 0.1) is 0 Å². The standard InChI is InChI=1S/2K.Mo.4O/q2*+1;-2;;;;. The van der Waals surface area contributed by atoms with E-state index >= 15 is 0 Å². The first-order chi connectivity index (χ1) is 2.00. The van der Waals surface area contributed by atoms with Gasteiger partial charge in [-0.25, -0.2) is 0 Å². The van der Waals surface area contributed by atoms with Gasteiger partial charge in [-0.3, -0.25) is 0 Å². The van der Waals surface area contributed by atoms with E-state index in [9.17, 15) is 0 Å². The van der Waals surface area contributed by atoms with Gasteiger partial charge in [0.25, 0.3) is 0 Å². The van der Waals surface area contributed by atoms with Gasteiger partial charge in [-0.1, -0.05) is 0 Å². The summed E-state index contributed by atoms with van der Waals surface area (Å²) in [7, 11) is 0. The van der Waals surface area contributed by atoms with Crippen LogP contribution < -0.4 is 103 Å². The second-order valence-electron chi connectivity index (χ2n) is 0.408. The van der Waals surface area contributed by atoms with Crippen LogP contribution in [0.1, 0.15) is 0 Å². The molecule has 0 spiro atoms. The van der Waals surface area contributed by atoms with Crippen molar-refractivity contribution in [3.8, 4) is 0 Å². The van der Waals surface area contributed by atoms with Gasteiger partial charge in [0.2, 0.25) is 0 Å². The molecule has 7 heteroatoms. The van der Waals surface area contributed by atoms with Gasteiger partial charge < -0.3 is 0 Å².